The molecule has 1 aliphatic rings. The molecule has 0 radical (unpaired) electrons. The Balaban J connectivity index is 2.00. The molecule has 1 aliphatic carbocycles. The van der Waals surface area contributed by atoms with Gasteiger partial charge in [0, 0.05) is 20.9 Å². The van der Waals surface area contributed by atoms with Gasteiger partial charge in [0.2, 0.25) is 0 Å². The van der Waals surface area contributed by atoms with Crippen molar-refractivity contribution in [1.82, 2.24) is 4.98 Å². The summed E-state index contributed by atoms with van der Waals surface area (Å²) in [4.78, 5) is 17.1. The van der Waals surface area contributed by atoms with Crippen molar-refractivity contribution in [2.24, 2.45) is 0 Å². The van der Waals surface area contributed by atoms with Gasteiger partial charge in [0.25, 0.3) is 0 Å². The number of aromatic nitrogens is 1. The lowest BCUT2D eigenvalue weighted by Gasteiger charge is -2.21. The molecule has 0 saturated heterocycles. The second-order valence-electron chi connectivity index (χ2n) is 6.79. The standard InChI is InChI=1S/C20H25NO3S/c1-2-6-16(20(23)24)19-17-11-14(25-13-7-4-3-5-8-13)9-10-15(17)18(22)12-21-19/h9-13,16,22H,2-8H2,1H3,(H,23,24). The van der Waals surface area contributed by atoms with Gasteiger partial charge in [-0.05, 0) is 37.5 Å². The molecule has 2 N–H and O–H groups in total. The van der Waals surface area contributed by atoms with Gasteiger partial charge in [-0.15, -0.1) is 11.8 Å². The molecule has 1 aromatic carbocycles. The van der Waals surface area contributed by atoms with E-state index in [0.717, 1.165) is 16.7 Å². The highest BCUT2D eigenvalue weighted by molar-refractivity contribution is 8.00. The summed E-state index contributed by atoms with van der Waals surface area (Å²) < 4.78 is 0. The highest BCUT2D eigenvalue weighted by atomic mass is 32.2. The summed E-state index contributed by atoms with van der Waals surface area (Å²) in [5.41, 5.74) is 0.563. The van der Waals surface area contributed by atoms with Gasteiger partial charge in [0.1, 0.15) is 5.75 Å². The van der Waals surface area contributed by atoms with E-state index >= 15 is 0 Å². The van der Waals surface area contributed by atoms with E-state index in [9.17, 15) is 15.0 Å². The van der Waals surface area contributed by atoms with Crippen LogP contribution in [0.2, 0.25) is 0 Å². The zero-order valence-electron chi connectivity index (χ0n) is 14.6. The number of thioether (sulfide) groups is 1. The van der Waals surface area contributed by atoms with Gasteiger partial charge in [0.15, 0.2) is 0 Å². The van der Waals surface area contributed by atoms with Crippen molar-refractivity contribution in [2.45, 2.75) is 67.9 Å². The summed E-state index contributed by atoms with van der Waals surface area (Å²) in [6.45, 7) is 1.98. The lowest BCUT2D eigenvalue weighted by atomic mass is 9.95. The summed E-state index contributed by atoms with van der Waals surface area (Å²) in [5, 5.41) is 21.8. The van der Waals surface area contributed by atoms with Crippen LogP contribution in [-0.4, -0.2) is 26.4 Å². The van der Waals surface area contributed by atoms with Crippen molar-refractivity contribution in [3.63, 3.8) is 0 Å². The highest BCUT2D eigenvalue weighted by Crippen LogP contribution is 2.38. The molecule has 0 aliphatic heterocycles. The molecule has 1 aromatic heterocycles. The Labute approximate surface area is 152 Å². The number of nitrogens with zero attached hydrogens (tertiary/aromatic N) is 1. The molecular weight excluding hydrogens is 334 g/mol. The number of rotatable bonds is 6. The Hall–Kier alpha value is -1.75. The van der Waals surface area contributed by atoms with E-state index < -0.39 is 11.9 Å². The smallest absolute Gasteiger partial charge is 0.312 e. The van der Waals surface area contributed by atoms with Crippen LogP contribution in [0.3, 0.4) is 0 Å². The van der Waals surface area contributed by atoms with Gasteiger partial charge in [-0.25, -0.2) is 0 Å². The first kappa shape index (κ1) is 18.1. The van der Waals surface area contributed by atoms with E-state index in [1.807, 2.05) is 36.9 Å². The number of aliphatic carboxylic acids is 1. The Morgan fingerprint density at radius 3 is 2.72 bits per heavy atom. The predicted octanol–water partition coefficient (Wildman–Crippen LogP) is 5.33. The molecule has 0 bridgehead atoms. The van der Waals surface area contributed by atoms with E-state index in [1.165, 1.54) is 38.3 Å². The molecule has 134 valence electrons. The van der Waals surface area contributed by atoms with Crippen LogP contribution in [0.5, 0.6) is 5.75 Å². The monoisotopic (exact) mass is 359 g/mol. The van der Waals surface area contributed by atoms with Crippen molar-refractivity contribution < 1.29 is 15.0 Å². The second kappa shape index (κ2) is 8.09. The zero-order valence-corrected chi connectivity index (χ0v) is 15.4. The minimum atomic E-state index is -0.855. The van der Waals surface area contributed by atoms with Crippen molar-refractivity contribution in [1.29, 1.82) is 0 Å². The average molecular weight is 359 g/mol. The van der Waals surface area contributed by atoms with Crippen LogP contribution >= 0.6 is 11.8 Å². The topological polar surface area (TPSA) is 70.4 Å². The maximum absolute atomic E-state index is 11.7. The van der Waals surface area contributed by atoms with Crippen LogP contribution in [0.1, 0.15) is 63.5 Å². The van der Waals surface area contributed by atoms with Crippen molar-refractivity contribution in [3.8, 4) is 5.75 Å². The Morgan fingerprint density at radius 2 is 2.04 bits per heavy atom. The Morgan fingerprint density at radius 1 is 1.28 bits per heavy atom. The Bertz CT molecular complexity index is 756. The third-order valence-electron chi connectivity index (χ3n) is 4.93. The van der Waals surface area contributed by atoms with Gasteiger partial charge >= 0.3 is 5.97 Å². The summed E-state index contributed by atoms with van der Waals surface area (Å²) in [7, 11) is 0. The van der Waals surface area contributed by atoms with Crippen LogP contribution in [0, 0.1) is 0 Å². The molecular formula is C20H25NO3S. The van der Waals surface area contributed by atoms with Crippen LogP contribution < -0.4 is 0 Å². The first-order chi connectivity index (χ1) is 12.1. The van der Waals surface area contributed by atoms with E-state index in [2.05, 4.69) is 4.98 Å². The number of benzene rings is 1. The number of hydrogen-bond acceptors (Lipinski definition) is 4. The van der Waals surface area contributed by atoms with Crippen LogP contribution in [0.25, 0.3) is 10.8 Å². The van der Waals surface area contributed by atoms with E-state index in [0.29, 0.717) is 22.8 Å². The van der Waals surface area contributed by atoms with Gasteiger partial charge in [-0.3, -0.25) is 9.78 Å². The fourth-order valence-corrected chi connectivity index (χ4v) is 4.91. The highest BCUT2D eigenvalue weighted by Gasteiger charge is 2.24. The third-order valence-corrected chi connectivity index (χ3v) is 6.26. The number of carbonyl (C=O) groups is 1. The average Bonchev–Trinajstić information content (AvgIpc) is 2.61. The molecule has 1 fully saturated rings. The maximum Gasteiger partial charge on any atom is 0.312 e. The quantitative estimate of drug-likeness (QED) is 0.729. The first-order valence-corrected chi connectivity index (χ1v) is 9.99. The fraction of sp³-hybridized carbons (Fsp3) is 0.500. The van der Waals surface area contributed by atoms with Crippen molar-refractivity contribution in [2.75, 3.05) is 0 Å². The van der Waals surface area contributed by atoms with E-state index in [4.69, 9.17) is 0 Å². The van der Waals surface area contributed by atoms with Crippen LogP contribution in [0.4, 0.5) is 0 Å². The molecule has 2 aromatic rings. The molecule has 5 heteroatoms. The maximum atomic E-state index is 11.7. The molecule has 1 unspecified atom stereocenters. The van der Waals surface area contributed by atoms with Crippen LogP contribution in [0.15, 0.2) is 29.3 Å². The first-order valence-electron chi connectivity index (χ1n) is 9.11. The van der Waals surface area contributed by atoms with Gasteiger partial charge in [-0.1, -0.05) is 32.6 Å². The minimum Gasteiger partial charge on any atom is -0.506 e. The molecule has 1 heterocycles. The molecule has 4 nitrogen and oxygen atoms in total. The van der Waals surface area contributed by atoms with E-state index in [1.54, 1.807) is 0 Å². The van der Waals surface area contributed by atoms with E-state index in [-0.39, 0.29) is 5.75 Å². The molecule has 3 rings (SSSR count). The van der Waals surface area contributed by atoms with Crippen molar-refractivity contribution in [3.05, 3.63) is 30.1 Å². The summed E-state index contributed by atoms with van der Waals surface area (Å²) >= 11 is 1.87. The Kier molecular flexibility index (Phi) is 5.84. The predicted molar refractivity (Wildman–Crippen MR) is 101 cm³/mol. The number of hydrogen-bond donors (Lipinski definition) is 2. The molecule has 1 saturated carbocycles. The third kappa shape index (κ3) is 4.09. The number of aromatic hydroxyl groups is 1. The molecule has 25 heavy (non-hydrogen) atoms. The lowest BCUT2D eigenvalue weighted by Crippen LogP contribution is -2.13. The molecule has 1 atom stereocenters. The summed E-state index contributed by atoms with van der Waals surface area (Å²) in [6.07, 6.45) is 9.07. The van der Waals surface area contributed by atoms with Gasteiger partial charge < -0.3 is 10.2 Å². The minimum absolute atomic E-state index is 0.105. The summed E-state index contributed by atoms with van der Waals surface area (Å²) in [6, 6.07) is 5.94. The molecule has 0 amide bonds. The second-order valence-corrected chi connectivity index (χ2v) is 8.17. The number of carboxylic acid groups (broad SMARTS) is 1. The van der Waals surface area contributed by atoms with Crippen molar-refractivity contribution >= 4 is 28.5 Å². The fourth-order valence-electron chi connectivity index (χ4n) is 3.62. The number of pyridine rings is 1. The largest absolute Gasteiger partial charge is 0.506 e. The number of fused-ring (bicyclic) bond motifs is 1. The SMILES string of the molecule is CCCC(C(=O)O)c1ncc(O)c2ccc(SC3CCCCC3)cc12. The lowest BCUT2D eigenvalue weighted by molar-refractivity contribution is -0.139. The van der Waals surface area contributed by atoms with Crippen LogP contribution in [-0.2, 0) is 4.79 Å². The van der Waals surface area contributed by atoms with Gasteiger partial charge in [0.05, 0.1) is 17.8 Å². The summed E-state index contributed by atoms with van der Waals surface area (Å²) in [5.74, 6) is -1.39. The number of carboxylic acids is 1. The molecule has 0 spiro atoms. The zero-order chi connectivity index (χ0) is 17.8. The normalized spacial score (nSPS) is 16.8. The van der Waals surface area contributed by atoms with Gasteiger partial charge in [-0.2, -0.15) is 0 Å².